The fourth-order valence-electron chi connectivity index (χ4n) is 2.00. The molecule has 0 fully saturated rings. The van der Waals surface area contributed by atoms with E-state index in [1.165, 1.54) is 23.9 Å². The third-order valence-electron chi connectivity index (χ3n) is 3.10. The Bertz CT molecular complexity index is 668. The Labute approximate surface area is 127 Å². The molecule has 1 heterocycles. The Morgan fingerprint density at radius 3 is 2.64 bits per heavy atom. The number of carbonyl (C=O) groups excluding carboxylic acids is 1. The van der Waals surface area contributed by atoms with E-state index in [4.69, 9.17) is 4.74 Å². The molecule has 0 saturated carbocycles. The summed E-state index contributed by atoms with van der Waals surface area (Å²) < 4.78 is 5.24. The van der Waals surface area contributed by atoms with Crippen LogP contribution in [0.2, 0.25) is 0 Å². The van der Waals surface area contributed by atoms with Gasteiger partial charge in [0.15, 0.2) is 12.4 Å². The molecule has 0 amide bonds. The van der Waals surface area contributed by atoms with Gasteiger partial charge in [-0.3, -0.25) is 4.79 Å². The molecule has 6 nitrogen and oxygen atoms in total. The molecule has 0 aliphatic heterocycles. The molecule has 1 aromatic carbocycles. The van der Waals surface area contributed by atoms with Crippen LogP contribution < -0.4 is 4.74 Å². The van der Waals surface area contributed by atoms with Gasteiger partial charge in [-0.25, -0.2) is 0 Å². The molecule has 22 heavy (non-hydrogen) atoms. The molecular formula is C16H16N2O4. The van der Waals surface area contributed by atoms with Gasteiger partial charge in [-0.05, 0) is 34.0 Å². The van der Waals surface area contributed by atoms with Gasteiger partial charge >= 0.3 is 5.82 Å². The molecule has 0 aliphatic rings. The average molecular weight is 300 g/mol. The minimum Gasteiger partial charge on any atom is -0.477 e. The zero-order valence-corrected chi connectivity index (χ0v) is 12.2. The number of pyridine rings is 1. The molecule has 0 aliphatic carbocycles. The number of aromatic nitrogens is 1. The Hall–Kier alpha value is -2.76. The molecule has 0 N–H and O–H groups in total. The van der Waals surface area contributed by atoms with E-state index >= 15 is 0 Å². The highest BCUT2D eigenvalue weighted by molar-refractivity contribution is 5.97. The number of nitro groups is 1. The maximum Gasteiger partial charge on any atom is 0.406 e. The van der Waals surface area contributed by atoms with Gasteiger partial charge in [0.05, 0.1) is 0 Å². The van der Waals surface area contributed by atoms with Gasteiger partial charge in [0, 0.05) is 5.56 Å². The summed E-state index contributed by atoms with van der Waals surface area (Å²) in [4.78, 5) is 25.9. The summed E-state index contributed by atoms with van der Waals surface area (Å²) in [7, 11) is 0. The standard InChI is InChI=1S/C16H16N2O4/c1-2-4-12-6-8-13(9-7-12)14(19)11-22-15-5-3-10-17-16(15)18(20)21/h3,5-10H,2,4,11H2,1H3. The minimum atomic E-state index is -0.640. The van der Waals surface area contributed by atoms with Gasteiger partial charge in [-0.2, -0.15) is 0 Å². The highest BCUT2D eigenvalue weighted by Gasteiger charge is 2.17. The third kappa shape index (κ3) is 3.88. The molecule has 2 rings (SSSR count). The monoisotopic (exact) mass is 300 g/mol. The van der Waals surface area contributed by atoms with Crippen molar-refractivity contribution in [2.75, 3.05) is 6.61 Å². The summed E-state index contributed by atoms with van der Waals surface area (Å²) in [5.74, 6) is -0.641. The lowest BCUT2D eigenvalue weighted by atomic mass is 10.1. The van der Waals surface area contributed by atoms with Crippen LogP contribution in [0.25, 0.3) is 0 Å². The average Bonchev–Trinajstić information content (AvgIpc) is 2.54. The number of Topliss-reactive ketones (excluding diaryl/α,β-unsaturated/α-hetero) is 1. The topological polar surface area (TPSA) is 82.3 Å². The van der Waals surface area contributed by atoms with Crippen LogP contribution in [0.4, 0.5) is 5.82 Å². The summed E-state index contributed by atoms with van der Waals surface area (Å²) in [6.07, 6.45) is 3.31. The van der Waals surface area contributed by atoms with Gasteiger partial charge < -0.3 is 14.9 Å². The van der Waals surface area contributed by atoms with Gasteiger partial charge in [-0.1, -0.05) is 37.6 Å². The number of rotatable bonds is 7. The number of ketones is 1. The number of carbonyl (C=O) groups is 1. The Morgan fingerprint density at radius 1 is 1.27 bits per heavy atom. The first-order chi connectivity index (χ1) is 10.6. The maximum atomic E-state index is 12.1. The van der Waals surface area contributed by atoms with Crippen LogP contribution in [0.1, 0.15) is 29.3 Å². The van der Waals surface area contributed by atoms with Crippen molar-refractivity contribution in [3.05, 3.63) is 63.8 Å². The molecular weight excluding hydrogens is 284 g/mol. The van der Waals surface area contributed by atoms with E-state index in [0.29, 0.717) is 5.56 Å². The summed E-state index contributed by atoms with van der Waals surface area (Å²) in [5.41, 5.74) is 1.69. The van der Waals surface area contributed by atoms with Crippen LogP contribution in [0, 0.1) is 10.1 Å². The molecule has 6 heteroatoms. The molecule has 114 valence electrons. The summed E-state index contributed by atoms with van der Waals surface area (Å²) >= 11 is 0. The minimum absolute atomic E-state index is 0.0107. The van der Waals surface area contributed by atoms with Crippen molar-refractivity contribution in [1.82, 2.24) is 4.98 Å². The van der Waals surface area contributed by atoms with Gasteiger partial charge in [0.1, 0.15) is 6.20 Å². The van der Waals surface area contributed by atoms with E-state index in [1.807, 2.05) is 12.1 Å². The number of nitrogens with zero attached hydrogens (tertiary/aromatic N) is 2. The quantitative estimate of drug-likeness (QED) is 0.445. The normalized spacial score (nSPS) is 10.2. The SMILES string of the molecule is CCCc1ccc(C(=O)COc2cccnc2[N+](=O)[O-])cc1. The van der Waals surface area contributed by atoms with E-state index in [9.17, 15) is 14.9 Å². The van der Waals surface area contributed by atoms with E-state index < -0.39 is 10.7 Å². The predicted octanol–water partition coefficient (Wildman–Crippen LogP) is 3.20. The molecule has 0 saturated heterocycles. The highest BCUT2D eigenvalue weighted by Crippen LogP contribution is 2.23. The van der Waals surface area contributed by atoms with Crippen molar-refractivity contribution in [2.24, 2.45) is 0 Å². The lowest BCUT2D eigenvalue weighted by Gasteiger charge is -2.06. The van der Waals surface area contributed by atoms with E-state index in [1.54, 1.807) is 12.1 Å². The number of hydrogen-bond acceptors (Lipinski definition) is 5. The van der Waals surface area contributed by atoms with Crippen molar-refractivity contribution in [1.29, 1.82) is 0 Å². The molecule has 0 radical (unpaired) electrons. The highest BCUT2D eigenvalue weighted by atomic mass is 16.6. The van der Waals surface area contributed by atoms with Gasteiger partial charge in [0.25, 0.3) is 0 Å². The second-order valence-electron chi connectivity index (χ2n) is 4.74. The zero-order chi connectivity index (χ0) is 15.9. The number of aryl methyl sites for hydroxylation is 1. The van der Waals surface area contributed by atoms with Crippen LogP contribution in [0.15, 0.2) is 42.6 Å². The first kappa shape index (κ1) is 15.6. The first-order valence-corrected chi connectivity index (χ1v) is 6.96. The van der Waals surface area contributed by atoms with Crippen molar-refractivity contribution in [3.63, 3.8) is 0 Å². The molecule has 0 bridgehead atoms. The summed E-state index contributed by atoms with van der Waals surface area (Å²) in [6.45, 7) is 1.83. The zero-order valence-electron chi connectivity index (χ0n) is 12.2. The second-order valence-corrected chi connectivity index (χ2v) is 4.74. The fraction of sp³-hybridized carbons (Fsp3) is 0.250. The van der Waals surface area contributed by atoms with Crippen LogP contribution in [-0.2, 0) is 6.42 Å². The Morgan fingerprint density at radius 2 is 2.00 bits per heavy atom. The summed E-state index contributed by atoms with van der Waals surface area (Å²) in [5, 5.41) is 10.8. The van der Waals surface area contributed by atoms with Crippen LogP contribution in [-0.4, -0.2) is 22.3 Å². The van der Waals surface area contributed by atoms with E-state index in [2.05, 4.69) is 11.9 Å². The largest absolute Gasteiger partial charge is 0.477 e. The van der Waals surface area contributed by atoms with Crippen molar-refractivity contribution in [3.8, 4) is 5.75 Å². The molecule has 0 unspecified atom stereocenters. The summed E-state index contributed by atoms with van der Waals surface area (Å²) in [6, 6.07) is 10.2. The lowest BCUT2D eigenvalue weighted by Crippen LogP contribution is -2.12. The smallest absolute Gasteiger partial charge is 0.406 e. The number of benzene rings is 1. The van der Waals surface area contributed by atoms with E-state index in [-0.39, 0.29) is 18.1 Å². The first-order valence-electron chi connectivity index (χ1n) is 6.96. The van der Waals surface area contributed by atoms with Crippen molar-refractivity contribution >= 4 is 11.6 Å². The van der Waals surface area contributed by atoms with Crippen LogP contribution >= 0.6 is 0 Å². The second kappa shape index (κ2) is 7.31. The van der Waals surface area contributed by atoms with Crippen LogP contribution in [0.3, 0.4) is 0 Å². The van der Waals surface area contributed by atoms with Crippen molar-refractivity contribution in [2.45, 2.75) is 19.8 Å². The molecule has 1 aromatic heterocycles. The Balaban J connectivity index is 2.02. The molecule has 0 spiro atoms. The van der Waals surface area contributed by atoms with Gasteiger partial charge in [0.2, 0.25) is 5.75 Å². The molecule has 0 atom stereocenters. The molecule has 2 aromatic rings. The van der Waals surface area contributed by atoms with Gasteiger partial charge in [-0.15, -0.1) is 0 Å². The third-order valence-corrected chi connectivity index (χ3v) is 3.10. The maximum absolute atomic E-state index is 12.1. The number of hydrogen-bond donors (Lipinski definition) is 0. The number of ether oxygens (including phenoxy) is 1. The van der Waals surface area contributed by atoms with E-state index in [0.717, 1.165) is 12.8 Å². The fourth-order valence-corrected chi connectivity index (χ4v) is 2.00. The lowest BCUT2D eigenvalue weighted by molar-refractivity contribution is -0.390. The Kier molecular flexibility index (Phi) is 5.19. The predicted molar refractivity (Wildman–Crippen MR) is 81.2 cm³/mol. The van der Waals surface area contributed by atoms with Crippen LogP contribution in [0.5, 0.6) is 5.75 Å². The van der Waals surface area contributed by atoms with Crippen molar-refractivity contribution < 1.29 is 14.5 Å².